The fourth-order valence-corrected chi connectivity index (χ4v) is 4.06. The van der Waals surface area contributed by atoms with Crippen LogP contribution in [-0.2, 0) is 4.79 Å². The number of thioether (sulfide) groups is 1. The van der Waals surface area contributed by atoms with E-state index in [2.05, 4.69) is 52.1 Å². The number of aliphatic imine (C=N–C) groups is 1. The molecule has 1 aliphatic rings. The molecule has 0 saturated heterocycles. The lowest BCUT2D eigenvalue weighted by Crippen LogP contribution is -2.44. The molecule has 1 unspecified atom stereocenters. The Morgan fingerprint density at radius 3 is 2.50 bits per heavy atom. The largest absolute Gasteiger partial charge is 0.355 e. The molecule has 26 heavy (non-hydrogen) atoms. The highest BCUT2D eigenvalue weighted by molar-refractivity contribution is 8.00. The summed E-state index contributed by atoms with van der Waals surface area (Å²) in [6.07, 6.45) is 5.73. The molecule has 2 rings (SSSR count). The molecule has 0 aliphatic heterocycles. The highest BCUT2D eigenvalue weighted by Crippen LogP contribution is 2.23. The van der Waals surface area contributed by atoms with Gasteiger partial charge in [0.1, 0.15) is 0 Å². The van der Waals surface area contributed by atoms with E-state index >= 15 is 0 Å². The zero-order chi connectivity index (χ0) is 18.6. The van der Waals surface area contributed by atoms with Gasteiger partial charge in [0.05, 0.1) is 0 Å². The molecule has 0 heterocycles. The number of guanidine groups is 1. The molecule has 1 aliphatic carbocycles. The molecular weight excluding hydrogens is 344 g/mol. The maximum absolute atomic E-state index is 12.1. The van der Waals surface area contributed by atoms with Gasteiger partial charge < -0.3 is 16.0 Å². The van der Waals surface area contributed by atoms with Crippen molar-refractivity contribution in [3.8, 4) is 0 Å². The number of benzene rings is 1. The Hall–Kier alpha value is -1.69. The van der Waals surface area contributed by atoms with Crippen molar-refractivity contribution in [2.45, 2.75) is 49.2 Å². The van der Waals surface area contributed by atoms with Crippen LogP contribution in [0, 0.1) is 5.92 Å². The molecular formula is C20H32N4OS. The fourth-order valence-electron chi connectivity index (χ4n) is 3.11. The van der Waals surface area contributed by atoms with Gasteiger partial charge in [-0.2, -0.15) is 0 Å². The molecule has 1 saturated carbocycles. The molecule has 3 N–H and O–H groups in total. The van der Waals surface area contributed by atoms with Gasteiger partial charge in [0.25, 0.3) is 0 Å². The van der Waals surface area contributed by atoms with E-state index in [-0.39, 0.29) is 11.8 Å². The van der Waals surface area contributed by atoms with E-state index in [0.717, 1.165) is 25.3 Å². The van der Waals surface area contributed by atoms with Crippen LogP contribution in [0.2, 0.25) is 0 Å². The topological polar surface area (TPSA) is 65.5 Å². The number of rotatable bonds is 8. The average molecular weight is 377 g/mol. The molecule has 0 spiro atoms. The molecule has 6 heteroatoms. The highest BCUT2D eigenvalue weighted by Gasteiger charge is 2.20. The first-order chi connectivity index (χ1) is 12.7. The molecule has 144 valence electrons. The van der Waals surface area contributed by atoms with Crippen LogP contribution in [0.15, 0.2) is 40.2 Å². The second-order valence-electron chi connectivity index (χ2n) is 6.75. The van der Waals surface area contributed by atoms with Crippen LogP contribution >= 0.6 is 11.8 Å². The molecule has 1 amide bonds. The van der Waals surface area contributed by atoms with Gasteiger partial charge in [0.15, 0.2) is 5.96 Å². The van der Waals surface area contributed by atoms with Crippen molar-refractivity contribution in [1.29, 1.82) is 0 Å². The van der Waals surface area contributed by atoms with Gasteiger partial charge in [-0.15, -0.1) is 11.8 Å². The van der Waals surface area contributed by atoms with E-state index in [4.69, 9.17) is 0 Å². The number of nitrogens with one attached hydrogen (secondary N) is 3. The van der Waals surface area contributed by atoms with Gasteiger partial charge in [-0.25, -0.2) is 0 Å². The van der Waals surface area contributed by atoms with Gasteiger partial charge in [0.2, 0.25) is 5.91 Å². The Morgan fingerprint density at radius 2 is 1.81 bits per heavy atom. The molecule has 1 aromatic carbocycles. The third-order valence-electron chi connectivity index (χ3n) is 4.55. The molecule has 5 nitrogen and oxygen atoms in total. The normalized spacial score (nSPS) is 16.8. The zero-order valence-corrected chi connectivity index (χ0v) is 16.8. The van der Waals surface area contributed by atoms with E-state index in [1.807, 2.05) is 17.8 Å². The number of carbonyl (C=O) groups excluding carboxylic acids is 1. The van der Waals surface area contributed by atoms with Crippen molar-refractivity contribution >= 4 is 23.6 Å². The van der Waals surface area contributed by atoms with E-state index in [0.29, 0.717) is 18.3 Å². The molecule has 0 bridgehead atoms. The van der Waals surface area contributed by atoms with Crippen molar-refractivity contribution in [3.63, 3.8) is 0 Å². The Morgan fingerprint density at radius 1 is 1.12 bits per heavy atom. The zero-order valence-electron chi connectivity index (χ0n) is 16.0. The summed E-state index contributed by atoms with van der Waals surface area (Å²) in [7, 11) is 1.77. The number of nitrogens with zero attached hydrogens (tertiary/aromatic N) is 1. The van der Waals surface area contributed by atoms with Crippen molar-refractivity contribution in [3.05, 3.63) is 30.3 Å². The predicted molar refractivity (Wildman–Crippen MR) is 111 cm³/mol. The minimum absolute atomic E-state index is 0.210. The summed E-state index contributed by atoms with van der Waals surface area (Å²) in [4.78, 5) is 17.6. The van der Waals surface area contributed by atoms with E-state index < -0.39 is 0 Å². The fraction of sp³-hybridized carbons (Fsp3) is 0.600. The quantitative estimate of drug-likeness (QED) is 0.282. The Kier molecular flexibility index (Phi) is 9.39. The summed E-state index contributed by atoms with van der Waals surface area (Å²) < 4.78 is 0. The molecule has 0 radical (unpaired) electrons. The molecule has 1 atom stereocenters. The highest BCUT2D eigenvalue weighted by atomic mass is 32.2. The lowest BCUT2D eigenvalue weighted by atomic mass is 9.89. The van der Waals surface area contributed by atoms with Crippen LogP contribution in [0.4, 0.5) is 0 Å². The van der Waals surface area contributed by atoms with Crippen LogP contribution in [-0.4, -0.2) is 43.8 Å². The maximum Gasteiger partial charge on any atom is 0.223 e. The first-order valence-corrected chi connectivity index (χ1v) is 10.5. The third kappa shape index (κ3) is 7.68. The maximum atomic E-state index is 12.1. The summed E-state index contributed by atoms with van der Waals surface area (Å²) in [6, 6.07) is 10.4. The minimum Gasteiger partial charge on any atom is -0.355 e. The molecule has 1 fully saturated rings. The SMILES string of the molecule is CN=C(NCCNC(=O)C1CCCCC1)NCC(C)Sc1ccccc1. The van der Waals surface area contributed by atoms with E-state index in [1.54, 1.807) is 7.05 Å². The first-order valence-electron chi connectivity index (χ1n) is 9.63. The van der Waals surface area contributed by atoms with Crippen LogP contribution in [0.3, 0.4) is 0 Å². The van der Waals surface area contributed by atoms with Crippen LogP contribution in [0.5, 0.6) is 0 Å². The molecule has 1 aromatic rings. The Bertz CT molecular complexity index is 558. The summed E-state index contributed by atoms with van der Waals surface area (Å²) >= 11 is 1.84. The van der Waals surface area contributed by atoms with Gasteiger partial charge in [0, 0.05) is 42.7 Å². The van der Waals surface area contributed by atoms with Crippen LogP contribution in [0.25, 0.3) is 0 Å². The van der Waals surface area contributed by atoms with E-state index in [1.165, 1.54) is 24.2 Å². The summed E-state index contributed by atoms with van der Waals surface area (Å²) in [5.74, 6) is 1.21. The van der Waals surface area contributed by atoms with Gasteiger partial charge in [-0.3, -0.25) is 9.79 Å². The predicted octanol–water partition coefficient (Wildman–Crippen LogP) is 3.03. The number of hydrogen-bond acceptors (Lipinski definition) is 3. The third-order valence-corrected chi connectivity index (χ3v) is 5.67. The van der Waals surface area contributed by atoms with E-state index in [9.17, 15) is 4.79 Å². The van der Waals surface area contributed by atoms with Crippen molar-refractivity contribution in [2.24, 2.45) is 10.9 Å². The van der Waals surface area contributed by atoms with Crippen molar-refractivity contribution < 1.29 is 4.79 Å². The van der Waals surface area contributed by atoms with Crippen molar-refractivity contribution in [1.82, 2.24) is 16.0 Å². The van der Waals surface area contributed by atoms with Crippen molar-refractivity contribution in [2.75, 3.05) is 26.7 Å². The average Bonchev–Trinajstić information content (AvgIpc) is 2.68. The standard InChI is InChI=1S/C20H32N4OS/c1-16(26-18-11-7-4-8-12-18)15-24-20(21-2)23-14-13-22-19(25)17-9-5-3-6-10-17/h4,7-8,11-12,16-17H,3,5-6,9-10,13-15H2,1-2H3,(H,22,25)(H2,21,23,24). The lowest BCUT2D eigenvalue weighted by molar-refractivity contribution is -0.125. The van der Waals surface area contributed by atoms with Crippen LogP contribution < -0.4 is 16.0 Å². The summed E-state index contributed by atoms with van der Waals surface area (Å²) in [6.45, 7) is 4.33. The summed E-state index contributed by atoms with van der Waals surface area (Å²) in [5.41, 5.74) is 0. The number of carbonyl (C=O) groups is 1. The molecule has 0 aromatic heterocycles. The first kappa shape index (κ1) is 20.6. The second-order valence-corrected chi connectivity index (χ2v) is 8.26. The smallest absolute Gasteiger partial charge is 0.223 e. The Balaban J connectivity index is 1.59. The van der Waals surface area contributed by atoms with Crippen LogP contribution in [0.1, 0.15) is 39.0 Å². The minimum atomic E-state index is 0.210. The monoisotopic (exact) mass is 376 g/mol. The summed E-state index contributed by atoms with van der Waals surface area (Å²) in [5, 5.41) is 10.1. The second kappa shape index (κ2) is 11.8. The van der Waals surface area contributed by atoms with Gasteiger partial charge in [-0.05, 0) is 25.0 Å². The lowest BCUT2D eigenvalue weighted by Gasteiger charge is -2.21. The number of amides is 1. The number of hydrogen-bond donors (Lipinski definition) is 3. The van der Waals surface area contributed by atoms with Gasteiger partial charge >= 0.3 is 0 Å². The van der Waals surface area contributed by atoms with Gasteiger partial charge in [-0.1, -0.05) is 44.4 Å². The Labute approximate surface area is 161 Å².